The highest BCUT2D eigenvalue weighted by Gasteiger charge is 2.26. The van der Waals surface area contributed by atoms with E-state index < -0.39 is 0 Å². The molecule has 1 aromatic carbocycles. The minimum Gasteiger partial charge on any atom is -0.388 e. The minimum absolute atomic E-state index is 0.0849. The highest BCUT2D eigenvalue weighted by Crippen LogP contribution is 2.30. The lowest BCUT2D eigenvalue weighted by Crippen LogP contribution is -2.41. The maximum atomic E-state index is 11.9. The lowest BCUT2D eigenvalue weighted by atomic mass is 9.94. The molecule has 5 heteroatoms. The summed E-state index contributed by atoms with van der Waals surface area (Å²) in [5.41, 5.74) is 12.1. The van der Waals surface area contributed by atoms with Gasteiger partial charge in [-0.25, -0.2) is 4.99 Å². The number of rotatable bonds is 6. The third-order valence-corrected chi connectivity index (χ3v) is 6.18. The van der Waals surface area contributed by atoms with Crippen LogP contribution in [0.2, 0.25) is 0 Å². The van der Waals surface area contributed by atoms with Gasteiger partial charge in [0.1, 0.15) is 5.84 Å². The Labute approximate surface area is 173 Å². The summed E-state index contributed by atoms with van der Waals surface area (Å²) in [4.78, 5) is 18.4. The molecule has 3 aliphatic rings. The molecule has 0 saturated heterocycles. The van der Waals surface area contributed by atoms with E-state index in [0.29, 0.717) is 12.4 Å². The van der Waals surface area contributed by atoms with Gasteiger partial charge in [-0.2, -0.15) is 0 Å². The maximum absolute atomic E-state index is 11.9. The van der Waals surface area contributed by atoms with Crippen molar-refractivity contribution in [3.63, 3.8) is 0 Å². The van der Waals surface area contributed by atoms with Gasteiger partial charge in [0.15, 0.2) is 0 Å². The van der Waals surface area contributed by atoms with Crippen molar-refractivity contribution in [2.45, 2.75) is 51.9 Å². The Bertz CT molecular complexity index is 846. The summed E-state index contributed by atoms with van der Waals surface area (Å²) in [7, 11) is 0. The van der Waals surface area contributed by atoms with E-state index >= 15 is 0 Å². The van der Waals surface area contributed by atoms with Crippen LogP contribution < -0.4 is 11.1 Å². The van der Waals surface area contributed by atoms with Gasteiger partial charge < -0.3 is 16.0 Å². The molecule has 0 aromatic heterocycles. The van der Waals surface area contributed by atoms with Crippen LogP contribution in [-0.2, 0) is 4.79 Å². The molecule has 0 radical (unpaired) electrons. The zero-order valence-corrected chi connectivity index (χ0v) is 17.4. The molecule has 1 saturated carbocycles. The average molecular weight is 393 g/mol. The molecule has 0 bridgehead atoms. The molecule has 1 aromatic rings. The SMILES string of the molecule is CC(=O)N1CCC(NCC2CC2)=C(C(N)=Nc2ccc(C3=CCCCC3)cc2)C1. The van der Waals surface area contributed by atoms with Gasteiger partial charge in [-0.1, -0.05) is 18.2 Å². The molecule has 4 rings (SSSR count). The van der Waals surface area contributed by atoms with E-state index in [9.17, 15) is 4.79 Å². The Morgan fingerprint density at radius 1 is 1.21 bits per heavy atom. The first-order valence-electron chi connectivity index (χ1n) is 11.0. The first-order valence-corrected chi connectivity index (χ1v) is 11.0. The number of carbonyl (C=O) groups is 1. The first-order chi connectivity index (χ1) is 14.1. The summed E-state index contributed by atoms with van der Waals surface area (Å²) in [6, 6.07) is 8.38. The predicted octanol–water partition coefficient (Wildman–Crippen LogP) is 4.14. The molecule has 2 aliphatic carbocycles. The zero-order valence-electron chi connectivity index (χ0n) is 17.4. The Morgan fingerprint density at radius 2 is 2.00 bits per heavy atom. The molecule has 0 unspecified atom stereocenters. The van der Waals surface area contributed by atoms with E-state index in [0.717, 1.165) is 48.8 Å². The molecular weight excluding hydrogens is 360 g/mol. The van der Waals surface area contributed by atoms with Crippen molar-refractivity contribution in [3.8, 4) is 0 Å². The lowest BCUT2D eigenvalue weighted by molar-refractivity contribution is -0.128. The van der Waals surface area contributed by atoms with Crippen molar-refractivity contribution in [1.29, 1.82) is 0 Å². The third kappa shape index (κ3) is 5.08. The number of allylic oxidation sites excluding steroid dienone is 2. The molecule has 3 N–H and O–H groups in total. The molecule has 0 spiro atoms. The quantitative estimate of drug-likeness (QED) is 0.565. The molecule has 1 aliphatic heterocycles. The van der Waals surface area contributed by atoms with Crippen LogP contribution in [-0.4, -0.2) is 36.3 Å². The average Bonchev–Trinajstić information content (AvgIpc) is 3.58. The fourth-order valence-corrected chi connectivity index (χ4v) is 4.11. The molecule has 1 amide bonds. The van der Waals surface area contributed by atoms with E-state index in [-0.39, 0.29) is 5.91 Å². The van der Waals surface area contributed by atoms with E-state index in [1.807, 2.05) is 17.0 Å². The highest BCUT2D eigenvalue weighted by molar-refractivity contribution is 6.00. The minimum atomic E-state index is 0.0849. The van der Waals surface area contributed by atoms with Crippen LogP contribution >= 0.6 is 0 Å². The fourth-order valence-electron chi connectivity index (χ4n) is 4.11. The Kier molecular flexibility index (Phi) is 6.02. The molecule has 29 heavy (non-hydrogen) atoms. The van der Waals surface area contributed by atoms with Crippen molar-refractivity contribution in [2.75, 3.05) is 19.6 Å². The summed E-state index contributed by atoms with van der Waals surface area (Å²) in [5, 5.41) is 3.59. The van der Waals surface area contributed by atoms with Gasteiger partial charge in [0, 0.05) is 37.7 Å². The highest BCUT2D eigenvalue weighted by atomic mass is 16.2. The van der Waals surface area contributed by atoms with Crippen molar-refractivity contribution in [2.24, 2.45) is 16.6 Å². The van der Waals surface area contributed by atoms with E-state index in [4.69, 9.17) is 10.7 Å². The van der Waals surface area contributed by atoms with Crippen LogP contribution in [0.25, 0.3) is 5.57 Å². The number of nitrogens with two attached hydrogens (primary N) is 1. The van der Waals surface area contributed by atoms with Gasteiger partial charge in [0.25, 0.3) is 0 Å². The van der Waals surface area contributed by atoms with E-state index in [2.05, 4.69) is 23.5 Å². The molecular formula is C24H32N4O. The number of amidine groups is 1. The van der Waals surface area contributed by atoms with Gasteiger partial charge in [-0.15, -0.1) is 0 Å². The largest absolute Gasteiger partial charge is 0.388 e. The lowest BCUT2D eigenvalue weighted by Gasteiger charge is -2.30. The number of nitrogens with one attached hydrogen (secondary N) is 1. The summed E-state index contributed by atoms with van der Waals surface area (Å²) >= 11 is 0. The smallest absolute Gasteiger partial charge is 0.219 e. The number of hydrogen-bond donors (Lipinski definition) is 2. The Hall–Kier alpha value is -2.56. The van der Waals surface area contributed by atoms with Gasteiger partial charge in [-0.3, -0.25) is 4.79 Å². The molecule has 1 heterocycles. The number of aliphatic imine (C=N–C) groups is 1. The molecule has 154 valence electrons. The van der Waals surface area contributed by atoms with Crippen molar-refractivity contribution in [3.05, 3.63) is 47.2 Å². The van der Waals surface area contributed by atoms with Crippen LogP contribution in [0.3, 0.4) is 0 Å². The molecule has 1 fully saturated rings. The fraction of sp³-hybridized carbons (Fsp3) is 0.500. The summed E-state index contributed by atoms with van der Waals surface area (Å²) in [6.45, 7) is 3.88. The van der Waals surface area contributed by atoms with Crippen LogP contribution in [0.15, 0.2) is 46.6 Å². The summed E-state index contributed by atoms with van der Waals surface area (Å²) in [5.74, 6) is 1.38. The van der Waals surface area contributed by atoms with Crippen LogP contribution in [0, 0.1) is 5.92 Å². The number of carbonyl (C=O) groups excluding carboxylic acids is 1. The van der Waals surface area contributed by atoms with E-state index in [1.165, 1.54) is 43.2 Å². The van der Waals surface area contributed by atoms with Gasteiger partial charge in [0.2, 0.25) is 5.91 Å². The summed E-state index contributed by atoms with van der Waals surface area (Å²) < 4.78 is 0. The Balaban J connectivity index is 1.53. The molecule has 5 nitrogen and oxygen atoms in total. The van der Waals surface area contributed by atoms with Crippen molar-refractivity contribution in [1.82, 2.24) is 10.2 Å². The second-order valence-corrected chi connectivity index (χ2v) is 8.49. The van der Waals surface area contributed by atoms with Gasteiger partial charge in [0.05, 0.1) is 12.2 Å². The standard InChI is InChI=1S/C24H32N4O/c1-17(29)28-14-13-23(26-15-18-7-8-18)22(16-28)24(25)27-21-11-9-20(10-12-21)19-5-3-2-4-6-19/h5,9-12,18,26H,2-4,6-8,13-16H2,1H3,(H2,25,27). The second kappa shape index (κ2) is 8.85. The first kappa shape index (κ1) is 19.7. The topological polar surface area (TPSA) is 70.7 Å². The van der Waals surface area contributed by atoms with Crippen LogP contribution in [0.1, 0.15) is 57.4 Å². The number of amides is 1. The third-order valence-electron chi connectivity index (χ3n) is 6.18. The Morgan fingerprint density at radius 3 is 2.66 bits per heavy atom. The summed E-state index contributed by atoms with van der Waals surface area (Å²) in [6.07, 6.45) is 10.7. The van der Waals surface area contributed by atoms with Crippen molar-refractivity contribution >= 4 is 23.0 Å². The van der Waals surface area contributed by atoms with Crippen LogP contribution in [0.4, 0.5) is 5.69 Å². The predicted molar refractivity (Wildman–Crippen MR) is 119 cm³/mol. The van der Waals surface area contributed by atoms with Gasteiger partial charge >= 0.3 is 0 Å². The van der Waals surface area contributed by atoms with Crippen LogP contribution in [0.5, 0.6) is 0 Å². The monoisotopic (exact) mass is 392 g/mol. The molecule has 0 atom stereocenters. The maximum Gasteiger partial charge on any atom is 0.219 e. The van der Waals surface area contributed by atoms with E-state index in [1.54, 1.807) is 6.92 Å². The zero-order chi connectivity index (χ0) is 20.2. The normalized spacial score (nSPS) is 20.5. The number of hydrogen-bond acceptors (Lipinski definition) is 3. The van der Waals surface area contributed by atoms with Crippen molar-refractivity contribution < 1.29 is 4.79 Å². The van der Waals surface area contributed by atoms with Gasteiger partial charge in [-0.05, 0) is 67.7 Å². The number of nitrogens with zero attached hydrogens (tertiary/aromatic N) is 2. The number of benzene rings is 1. The second-order valence-electron chi connectivity index (χ2n) is 8.49.